The van der Waals surface area contributed by atoms with Gasteiger partial charge in [-0.25, -0.2) is 8.78 Å². The lowest BCUT2D eigenvalue weighted by atomic mass is 10.1. The maximum atomic E-state index is 13.3. The number of nitrogens with zero attached hydrogens (tertiary/aromatic N) is 1. The molecule has 0 heterocycles. The first kappa shape index (κ1) is 12.6. The minimum absolute atomic E-state index is 0.234. The third-order valence-electron chi connectivity index (χ3n) is 2.50. The van der Waals surface area contributed by atoms with Crippen molar-refractivity contribution in [2.24, 2.45) is 5.73 Å². The van der Waals surface area contributed by atoms with E-state index < -0.39 is 23.1 Å². The van der Waals surface area contributed by atoms with Crippen LogP contribution in [0.25, 0.3) is 0 Å². The molecule has 0 fully saturated rings. The number of nitrogens with two attached hydrogens (primary N) is 1. The third kappa shape index (κ3) is 2.36. The van der Waals surface area contributed by atoms with Crippen LogP contribution in [-0.2, 0) is 0 Å². The number of carbonyl (C=O) groups excluding carboxylic acids is 1. The Balaban J connectivity index is 3.05. The number of hydrogen-bond donors (Lipinski definition) is 1. The van der Waals surface area contributed by atoms with Crippen LogP contribution in [0.15, 0.2) is 18.2 Å². The van der Waals surface area contributed by atoms with E-state index >= 15 is 0 Å². The Labute approximate surface area is 92.8 Å². The Kier molecular flexibility index (Phi) is 3.95. The molecule has 1 amide bonds. The Morgan fingerprint density at radius 1 is 1.44 bits per heavy atom. The van der Waals surface area contributed by atoms with Gasteiger partial charge < -0.3 is 10.6 Å². The summed E-state index contributed by atoms with van der Waals surface area (Å²) in [6, 6.07) is 3.05. The summed E-state index contributed by atoms with van der Waals surface area (Å²) in [7, 11) is 1.46. The molecule has 0 aromatic heterocycles. The monoisotopic (exact) mass is 228 g/mol. The third-order valence-corrected chi connectivity index (χ3v) is 2.50. The highest BCUT2D eigenvalue weighted by atomic mass is 19.1. The second kappa shape index (κ2) is 5.03. The minimum atomic E-state index is -0.860. The first-order chi connectivity index (χ1) is 7.49. The number of halogens is 2. The quantitative estimate of drug-likeness (QED) is 0.849. The summed E-state index contributed by atoms with van der Waals surface area (Å²) in [5.74, 6) is -2.42. The number of hydrogen-bond acceptors (Lipinski definition) is 2. The fraction of sp³-hybridized carbons (Fsp3) is 0.364. The second-order valence-electron chi connectivity index (χ2n) is 3.60. The molecule has 1 aromatic carbocycles. The molecule has 2 N–H and O–H groups in total. The molecule has 0 spiro atoms. The fourth-order valence-corrected chi connectivity index (χ4v) is 1.24. The topological polar surface area (TPSA) is 46.3 Å². The van der Waals surface area contributed by atoms with E-state index in [2.05, 4.69) is 0 Å². The average molecular weight is 228 g/mol. The van der Waals surface area contributed by atoms with E-state index in [1.165, 1.54) is 18.0 Å². The Bertz CT molecular complexity index is 375. The van der Waals surface area contributed by atoms with Crippen LogP contribution in [0, 0.1) is 11.6 Å². The van der Waals surface area contributed by atoms with Crippen LogP contribution in [0.4, 0.5) is 8.78 Å². The van der Waals surface area contributed by atoms with Gasteiger partial charge in [-0.1, -0.05) is 6.07 Å². The van der Waals surface area contributed by atoms with Crippen LogP contribution in [0.3, 0.4) is 0 Å². The first-order valence-electron chi connectivity index (χ1n) is 4.90. The summed E-state index contributed by atoms with van der Waals surface area (Å²) in [5, 5.41) is 0. The van der Waals surface area contributed by atoms with E-state index in [1.54, 1.807) is 6.92 Å². The molecule has 0 aliphatic carbocycles. The number of rotatable bonds is 3. The molecule has 1 rings (SSSR count). The fourth-order valence-electron chi connectivity index (χ4n) is 1.24. The van der Waals surface area contributed by atoms with E-state index in [1.807, 2.05) is 0 Å². The van der Waals surface area contributed by atoms with Gasteiger partial charge in [0.05, 0.1) is 0 Å². The molecule has 0 radical (unpaired) electrons. The largest absolute Gasteiger partial charge is 0.338 e. The average Bonchev–Trinajstić information content (AvgIpc) is 2.26. The summed E-state index contributed by atoms with van der Waals surface area (Å²) in [5.41, 5.74) is 4.85. The van der Waals surface area contributed by atoms with Crippen molar-refractivity contribution < 1.29 is 13.6 Å². The molecule has 3 nitrogen and oxygen atoms in total. The van der Waals surface area contributed by atoms with Gasteiger partial charge in [0.15, 0.2) is 0 Å². The predicted molar refractivity (Wildman–Crippen MR) is 57.0 cm³/mol. The normalized spacial score (nSPS) is 12.3. The lowest BCUT2D eigenvalue weighted by Gasteiger charge is -2.23. The molecule has 0 aliphatic heterocycles. The molecule has 0 saturated heterocycles. The summed E-state index contributed by atoms with van der Waals surface area (Å²) < 4.78 is 26.6. The molecular weight excluding hydrogens is 214 g/mol. The second-order valence-corrected chi connectivity index (χ2v) is 3.60. The number of amides is 1. The SMILES string of the molecule is CC(CN)N(C)C(=O)c1c(F)cccc1F. The van der Waals surface area contributed by atoms with Gasteiger partial charge in [0.2, 0.25) is 0 Å². The Morgan fingerprint density at radius 2 is 1.94 bits per heavy atom. The molecule has 1 unspecified atom stereocenters. The first-order valence-corrected chi connectivity index (χ1v) is 4.90. The molecular formula is C11H14F2N2O. The number of carbonyl (C=O) groups is 1. The molecule has 5 heteroatoms. The van der Waals surface area contributed by atoms with Crippen molar-refractivity contribution in [3.05, 3.63) is 35.4 Å². The van der Waals surface area contributed by atoms with Crippen molar-refractivity contribution in [1.82, 2.24) is 4.90 Å². The smallest absolute Gasteiger partial charge is 0.259 e. The van der Waals surface area contributed by atoms with Crippen molar-refractivity contribution in [1.29, 1.82) is 0 Å². The molecule has 1 aromatic rings. The van der Waals surface area contributed by atoms with Crippen LogP contribution < -0.4 is 5.73 Å². The molecule has 0 aliphatic rings. The van der Waals surface area contributed by atoms with Crippen LogP contribution >= 0.6 is 0 Å². The van der Waals surface area contributed by atoms with Gasteiger partial charge in [-0.15, -0.1) is 0 Å². The van der Waals surface area contributed by atoms with E-state index in [4.69, 9.17) is 5.73 Å². The van der Waals surface area contributed by atoms with Crippen molar-refractivity contribution in [3.63, 3.8) is 0 Å². The van der Waals surface area contributed by atoms with Crippen molar-refractivity contribution in [2.45, 2.75) is 13.0 Å². The highest BCUT2D eigenvalue weighted by Gasteiger charge is 2.22. The zero-order valence-corrected chi connectivity index (χ0v) is 9.21. The zero-order chi connectivity index (χ0) is 12.3. The van der Waals surface area contributed by atoms with Gasteiger partial charge in [0, 0.05) is 19.6 Å². The lowest BCUT2D eigenvalue weighted by molar-refractivity contribution is 0.0738. The van der Waals surface area contributed by atoms with E-state index in [0.29, 0.717) is 0 Å². The van der Waals surface area contributed by atoms with Crippen molar-refractivity contribution in [3.8, 4) is 0 Å². The van der Waals surface area contributed by atoms with Crippen LogP contribution in [-0.4, -0.2) is 30.4 Å². The lowest BCUT2D eigenvalue weighted by Crippen LogP contribution is -2.40. The zero-order valence-electron chi connectivity index (χ0n) is 9.21. The van der Waals surface area contributed by atoms with E-state index in [9.17, 15) is 13.6 Å². The van der Waals surface area contributed by atoms with Crippen molar-refractivity contribution in [2.75, 3.05) is 13.6 Å². The molecule has 1 atom stereocenters. The minimum Gasteiger partial charge on any atom is -0.338 e. The summed E-state index contributed by atoms with van der Waals surface area (Å²) in [6.45, 7) is 1.94. The van der Waals surface area contributed by atoms with Gasteiger partial charge in [-0.05, 0) is 19.1 Å². The summed E-state index contributed by atoms with van der Waals surface area (Å²) in [6.07, 6.45) is 0. The molecule has 16 heavy (non-hydrogen) atoms. The van der Waals surface area contributed by atoms with Gasteiger partial charge in [-0.3, -0.25) is 4.79 Å². The summed E-state index contributed by atoms with van der Waals surface area (Å²) >= 11 is 0. The number of benzene rings is 1. The highest BCUT2D eigenvalue weighted by Crippen LogP contribution is 2.15. The van der Waals surface area contributed by atoms with Gasteiger partial charge in [0.25, 0.3) is 5.91 Å². The van der Waals surface area contributed by atoms with Gasteiger partial charge >= 0.3 is 0 Å². The maximum absolute atomic E-state index is 13.3. The predicted octanol–water partition coefficient (Wildman–Crippen LogP) is 1.38. The van der Waals surface area contributed by atoms with E-state index in [0.717, 1.165) is 12.1 Å². The standard InChI is InChI=1S/C11H14F2N2O/c1-7(6-14)15(2)11(16)10-8(12)4-3-5-9(10)13/h3-5,7H,6,14H2,1-2H3. The molecule has 0 saturated carbocycles. The van der Waals surface area contributed by atoms with Gasteiger partial charge in [0.1, 0.15) is 17.2 Å². The Morgan fingerprint density at radius 3 is 2.38 bits per heavy atom. The van der Waals surface area contributed by atoms with Crippen molar-refractivity contribution >= 4 is 5.91 Å². The van der Waals surface area contributed by atoms with Crippen LogP contribution in [0.1, 0.15) is 17.3 Å². The Hall–Kier alpha value is -1.49. The van der Waals surface area contributed by atoms with Gasteiger partial charge in [-0.2, -0.15) is 0 Å². The molecule has 88 valence electrons. The van der Waals surface area contributed by atoms with E-state index in [-0.39, 0.29) is 12.6 Å². The highest BCUT2D eigenvalue weighted by molar-refractivity contribution is 5.94. The van der Waals surface area contributed by atoms with Crippen LogP contribution in [0.5, 0.6) is 0 Å². The summed E-state index contributed by atoms with van der Waals surface area (Å²) in [4.78, 5) is 13.0. The number of likely N-dealkylation sites (N-methyl/N-ethyl adjacent to an activating group) is 1. The maximum Gasteiger partial charge on any atom is 0.259 e. The van der Waals surface area contributed by atoms with Crippen LogP contribution in [0.2, 0.25) is 0 Å². The molecule has 0 bridgehead atoms.